The maximum Gasteiger partial charge on any atom is 0.335 e. The van der Waals surface area contributed by atoms with Crippen LogP contribution in [-0.4, -0.2) is 16.0 Å². The number of nitrogens with zero attached hydrogens (tertiary/aromatic N) is 1. The fourth-order valence-electron chi connectivity index (χ4n) is 1.59. The maximum atomic E-state index is 13.7. The molecule has 0 fully saturated rings. The number of nitro groups is 1. The molecule has 0 saturated carbocycles. The third-order valence-corrected chi connectivity index (χ3v) is 3.61. The molecule has 5 nitrogen and oxygen atoms in total. The van der Waals surface area contributed by atoms with Crippen LogP contribution in [0.15, 0.2) is 46.2 Å². The van der Waals surface area contributed by atoms with Crippen molar-refractivity contribution in [2.24, 2.45) is 0 Å². The van der Waals surface area contributed by atoms with Crippen molar-refractivity contribution < 1.29 is 23.6 Å². The highest BCUT2D eigenvalue weighted by Crippen LogP contribution is 2.37. The van der Waals surface area contributed by atoms with Gasteiger partial charge in [-0.2, -0.15) is 4.39 Å². The molecule has 2 aromatic carbocycles. The Hall–Kier alpha value is -2.48. The summed E-state index contributed by atoms with van der Waals surface area (Å²) in [6, 6.07) is 6.49. The van der Waals surface area contributed by atoms with Gasteiger partial charge in [-0.15, -0.1) is 0 Å². The summed E-state index contributed by atoms with van der Waals surface area (Å²) < 4.78 is 27.1. The van der Waals surface area contributed by atoms with Gasteiger partial charge in [0.15, 0.2) is 0 Å². The number of hydrogen-bond donors (Lipinski definition) is 1. The standard InChI is InChI=1S/C13H7F2NO4S/c14-8-5-4-7(13(17)18)6-11(8)21-10-3-1-2-9(15)12(10)16(19)20/h1-6H,(H,17,18). The van der Waals surface area contributed by atoms with E-state index in [2.05, 4.69) is 0 Å². The van der Waals surface area contributed by atoms with Gasteiger partial charge in [-0.3, -0.25) is 10.1 Å². The highest BCUT2D eigenvalue weighted by molar-refractivity contribution is 7.99. The molecule has 0 radical (unpaired) electrons. The minimum Gasteiger partial charge on any atom is -0.478 e. The summed E-state index contributed by atoms with van der Waals surface area (Å²) >= 11 is 0.595. The SMILES string of the molecule is O=C(O)c1ccc(F)c(Sc2cccc(F)c2[N+](=O)[O-])c1. The van der Waals surface area contributed by atoms with Gasteiger partial charge >= 0.3 is 11.7 Å². The number of carbonyl (C=O) groups is 1. The second-order valence-electron chi connectivity index (χ2n) is 3.90. The normalized spacial score (nSPS) is 10.4. The second-order valence-corrected chi connectivity index (χ2v) is 4.98. The van der Waals surface area contributed by atoms with E-state index in [9.17, 15) is 23.7 Å². The number of hydrogen-bond acceptors (Lipinski definition) is 4. The number of carboxylic acids is 1. The Labute approximate surface area is 121 Å². The fourth-order valence-corrected chi connectivity index (χ4v) is 2.59. The van der Waals surface area contributed by atoms with Crippen LogP contribution in [0.1, 0.15) is 10.4 Å². The largest absolute Gasteiger partial charge is 0.478 e. The molecule has 0 unspecified atom stereocenters. The van der Waals surface area contributed by atoms with Gasteiger partial charge in [-0.1, -0.05) is 17.8 Å². The van der Waals surface area contributed by atoms with E-state index in [1.807, 2.05) is 0 Å². The van der Waals surface area contributed by atoms with Crippen molar-refractivity contribution in [3.63, 3.8) is 0 Å². The van der Waals surface area contributed by atoms with Crippen LogP contribution in [0.2, 0.25) is 0 Å². The molecule has 0 aliphatic rings. The summed E-state index contributed by atoms with van der Waals surface area (Å²) in [6.45, 7) is 0. The molecule has 8 heteroatoms. The van der Waals surface area contributed by atoms with Crippen molar-refractivity contribution in [1.29, 1.82) is 0 Å². The Bertz CT molecular complexity index is 736. The topological polar surface area (TPSA) is 80.4 Å². The van der Waals surface area contributed by atoms with Crippen LogP contribution in [0.3, 0.4) is 0 Å². The maximum absolute atomic E-state index is 13.7. The minimum atomic E-state index is -1.26. The molecule has 1 N–H and O–H groups in total. The molecule has 2 rings (SSSR count). The predicted molar refractivity (Wildman–Crippen MR) is 70.5 cm³/mol. The average molecular weight is 311 g/mol. The van der Waals surface area contributed by atoms with E-state index < -0.39 is 28.2 Å². The van der Waals surface area contributed by atoms with E-state index >= 15 is 0 Å². The van der Waals surface area contributed by atoms with E-state index in [-0.39, 0.29) is 15.4 Å². The number of carboxylic acid groups (broad SMARTS) is 1. The van der Waals surface area contributed by atoms with Gasteiger partial charge in [0.1, 0.15) is 5.82 Å². The molecule has 0 aliphatic heterocycles. The van der Waals surface area contributed by atoms with Gasteiger partial charge in [0.25, 0.3) is 0 Å². The molecule has 21 heavy (non-hydrogen) atoms. The molecule has 0 saturated heterocycles. The van der Waals surface area contributed by atoms with Crippen molar-refractivity contribution in [2.75, 3.05) is 0 Å². The highest BCUT2D eigenvalue weighted by atomic mass is 32.2. The number of halogens is 2. The average Bonchev–Trinajstić information content (AvgIpc) is 2.40. The van der Waals surface area contributed by atoms with Crippen molar-refractivity contribution in [3.05, 3.63) is 63.7 Å². The number of benzene rings is 2. The molecule has 2 aromatic rings. The molecule has 0 bridgehead atoms. The molecule has 0 aromatic heterocycles. The van der Waals surface area contributed by atoms with Crippen LogP contribution in [0.4, 0.5) is 14.5 Å². The molecule has 0 amide bonds. The van der Waals surface area contributed by atoms with E-state index in [0.29, 0.717) is 11.8 Å². The first kappa shape index (κ1) is 14.9. The molecule has 0 spiro atoms. The van der Waals surface area contributed by atoms with E-state index in [4.69, 9.17) is 5.11 Å². The monoisotopic (exact) mass is 311 g/mol. The Kier molecular flexibility index (Phi) is 4.18. The summed E-state index contributed by atoms with van der Waals surface area (Å²) in [5.41, 5.74) is -0.944. The molecule has 0 atom stereocenters. The van der Waals surface area contributed by atoms with Crippen LogP contribution < -0.4 is 0 Å². The first-order valence-electron chi connectivity index (χ1n) is 5.53. The lowest BCUT2D eigenvalue weighted by molar-refractivity contribution is -0.390. The number of nitro benzene ring substituents is 1. The summed E-state index contributed by atoms with van der Waals surface area (Å²) in [5, 5.41) is 19.7. The highest BCUT2D eigenvalue weighted by Gasteiger charge is 2.22. The Morgan fingerprint density at radius 1 is 1.14 bits per heavy atom. The van der Waals surface area contributed by atoms with Gasteiger partial charge < -0.3 is 5.11 Å². The van der Waals surface area contributed by atoms with Crippen molar-refractivity contribution in [1.82, 2.24) is 0 Å². The third kappa shape index (κ3) is 3.16. The van der Waals surface area contributed by atoms with Crippen LogP contribution in [0.25, 0.3) is 0 Å². The van der Waals surface area contributed by atoms with Crippen molar-refractivity contribution in [2.45, 2.75) is 9.79 Å². The molecular weight excluding hydrogens is 304 g/mol. The zero-order valence-corrected chi connectivity index (χ0v) is 11.1. The van der Waals surface area contributed by atoms with Gasteiger partial charge in [0.05, 0.1) is 15.4 Å². The molecule has 0 aliphatic carbocycles. The first-order chi connectivity index (χ1) is 9.90. The third-order valence-electron chi connectivity index (χ3n) is 2.53. The van der Waals surface area contributed by atoms with Crippen molar-refractivity contribution >= 4 is 23.4 Å². The summed E-state index contributed by atoms with van der Waals surface area (Å²) in [7, 11) is 0. The van der Waals surface area contributed by atoms with Crippen LogP contribution in [0.5, 0.6) is 0 Å². The molecule has 108 valence electrons. The Morgan fingerprint density at radius 3 is 2.48 bits per heavy atom. The van der Waals surface area contributed by atoms with E-state index in [1.54, 1.807) is 0 Å². The van der Waals surface area contributed by atoms with Crippen LogP contribution >= 0.6 is 11.8 Å². The van der Waals surface area contributed by atoms with Gasteiger partial charge in [0, 0.05) is 4.90 Å². The second kappa shape index (κ2) is 5.88. The molecule has 0 heterocycles. The summed E-state index contributed by atoms with van der Waals surface area (Å²) in [5.74, 6) is -3.05. The first-order valence-corrected chi connectivity index (χ1v) is 6.35. The van der Waals surface area contributed by atoms with E-state index in [0.717, 1.165) is 24.3 Å². The zero-order valence-electron chi connectivity index (χ0n) is 10.2. The number of aromatic carboxylic acids is 1. The fraction of sp³-hybridized carbons (Fsp3) is 0. The summed E-state index contributed by atoms with van der Waals surface area (Å²) in [6.07, 6.45) is 0. The van der Waals surface area contributed by atoms with Gasteiger partial charge in [-0.25, -0.2) is 9.18 Å². The number of para-hydroxylation sites is 1. The minimum absolute atomic E-state index is 0.110. The molecular formula is C13H7F2NO4S. The van der Waals surface area contributed by atoms with Gasteiger partial charge in [0.2, 0.25) is 5.82 Å². The zero-order chi connectivity index (χ0) is 15.6. The quantitative estimate of drug-likeness (QED) is 0.687. The lowest BCUT2D eigenvalue weighted by atomic mass is 10.2. The lowest BCUT2D eigenvalue weighted by Crippen LogP contribution is -1.98. The van der Waals surface area contributed by atoms with E-state index in [1.165, 1.54) is 12.1 Å². The Balaban J connectivity index is 2.48. The van der Waals surface area contributed by atoms with Crippen LogP contribution in [-0.2, 0) is 0 Å². The smallest absolute Gasteiger partial charge is 0.335 e. The Morgan fingerprint density at radius 2 is 1.86 bits per heavy atom. The van der Waals surface area contributed by atoms with Crippen molar-refractivity contribution in [3.8, 4) is 0 Å². The van der Waals surface area contributed by atoms with Gasteiger partial charge in [-0.05, 0) is 30.3 Å². The summed E-state index contributed by atoms with van der Waals surface area (Å²) in [4.78, 5) is 20.6. The number of rotatable bonds is 4. The lowest BCUT2D eigenvalue weighted by Gasteiger charge is -2.06. The van der Waals surface area contributed by atoms with Crippen LogP contribution in [0, 0.1) is 21.7 Å². The predicted octanol–water partition coefficient (Wildman–Crippen LogP) is 3.72.